The van der Waals surface area contributed by atoms with Crippen LogP contribution in [0.1, 0.15) is 0 Å². The van der Waals surface area contributed by atoms with Gasteiger partial charge in [-0.15, -0.1) is 0 Å². The number of nitrogens with zero attached hydrogens (tertiary/aromatic N) is 1. The van der Waals surface area contributed by atoms with Gasteiger partial charge < -0.3 is 4.74 Å². The highest BCUT2D eigenvalue weighted by atomic mass is 16.5. The summed E-state index contributed by atoms with van der Waals surface area (Å²) in [6, 6.07) is 7.02. The Balaban J connectivity index is 3.04. The van der Waals surface area contributed by atoms with Gasteiger partial charge in [0.05, 0.1) is 7.11 Å². The van der Waals surface area contributed by atoms with Crippen LogP contribution < -0.4 is 15.6 Å². The molecule has 1 aromatic rings. The summed E-state index contributed by atoms with van der Waals surface area (Å²) < 4.78 is 4.99. The van der Waals surface area contributed by atoms with Crippen molar-refractivity contribution in [3.63, 3.8) is 0 Å². The number of ether oxygens (including phenoxy) is 1. The molecule has 0 saturated carbocycles. The number of rotatable bonds is 3. The summed E-state index contributed by atoms with van der Waals surface area (Å²) in [5, 5.41) is 0.971. The van der Waals surface area contributed by atoms with Crippen molar-refractivity contribution in [1.82, 2.24) is 0 Å². The summed E-state index contributed by atoms with van der Waals surface area (Å²) in [4.78, 5) is 10.3. The average Bonchev–Trinajstić information content (AvgIpc) is 2.16. The maximum atomic E-state index is 10.3. The van der Waals surface area contributed by atoms with Gasteiger partial charge in [0.1, 0.15) is 11.4 Å². The standard InChI is InChI=1S/C8H10N2O2/c1-12-8-5-3-2-4-7(8)10(9)6-11/h2-6H,9H2,1H3. The van der Waals surface area contributed by atoms with E-state index in [0.29, 0.717) is 17.8 Å². The van der Waals surface area contributed by atoms with E-state index in [-0.39, 0.29) is 0 Å². The van der Waals surface area contributed by atoms with Crippen LogP contribution in [0.2, 0.25) is 0 Å². The number of carbonyl (C=O) groups excluding carboxylic acids is 1. The summed E-state index contributed by atoms with van der Waals surface area (Å²) in [5.41, 5.74) is 0.551. The highest BCUT2D eigenvalue weighted by molar-refractivity contribution is 5.77. The van der Waals surface area contributed by atoms with E-state index in [1.54, 1.807) is 24.3 Å². The van der Waals surface area contributed by atoms with Crippen LogP contribution in [0.5, 0.6) is 5.75 Å². The predicted molar refractivity (Wildman–Crippen MR) is 45.7 cm³/mol. The first-order chi connectivity index (χ1) is 5.79. The second-order valence-corrected chi connectivity index (χ2v) is 2.18. The Bertz CT molecular complexity index is 276. The number of hydrogen-bond acceptors (Lipinski definition) is 3. The topological polar surface area (TPSA) is 55.6 Å². The number of para-hydroxylation sites is 2. The van der Waals surface area contributed by atoms with Crippen LogP contribution in [0.15, 0.2) is 24.3 Å². The van der Waals surface area contributed by atoms with E-state index in [1.807, 2.05) is 0 Å². The van der Waals surface area contributed by atoms with Gasteiger partial charge in [-0.3, -0.25) is 4.79 Å². The molecule has 0 heterocycles. The molecule has 1 amide bonds. The molecular formula is C8H10N2O2. The fraction of sp³-hybridized carbons (Fsp3) is 0.125. The second kappa shape index (κ2) is 3.73. The predicted octanol–water partition coefficient (Wildman–Crippen LogP) is 0.532. The van der Waals surface area contributed by atoms with Gasteiger partial charge in [-0.1, -0.05) is 12.1 Å². The molecule has 2 N–H and O–H groups in total. The van der Waals surface area contributed by atoms with E-state index in [1.165, 1.54) is 7.11 Å². The first-order valence-electron chi connectivity index (χ1n) is 3.42. The van der Waals surface area contributed by atoms with Crippen molar-refractivity contribution in [3.8, 4) is 5.75 Å². The van der Waals surface area contributed by atoms with Crippen molar-refractivity contribution >= 4 is 12.1 Å². The molecule has 4 heteroatoms. The minimum absolute atomic E-state index is 0.526. The van der Waals surface area contributed by atoms with Gasteiger partial charge in [-0.25, -0.2) is 10.9 Å². The largest absolute Gasteiger partial charge is 0.495 e. The number of carbonyl (C=O) groups is 1. The lowest BCUT2D eigenvalue weighted by Gasteiger charge is -2.13. The van der Waals surface area contributed by atoms with Crippen LogP contribution >= 0.6 is 0 Å². The summed E-state index contributed by atoms with van der Waals surface area (Å²) in [5.74, 6) is 5.93. The smallest absolute Gasteiger partial charge is 0.228 e. The third-order valence-electron chi connectivity index (χ3n) is 1.48. The maximum absolute atomic E-state index is 10.3. The monoisotopic (exact) mass is 166 g/mol. The first kappa shape index (κ1) is 8.55. The summed E-state index contributed by atoms with van der Waals surface area (Å²) in [7, 11) is 1.53. The van der Waals surface area contributed by atoms with Gasteiger partial charge in [0.2, 0.25) is 6.41 Å². The van der Waals surface area contributed by atoms with E-state index in [4.69, 9.17) is 10.6 Å². The highest BCUT2D eigenvalue weighted by Gasteiger charge is 2.05. The van der Waals surface area contributed by atoms with Gasteiger partial charge in [-0.2, -0.15) is 0 Å². The highest BCUT2D eigenvalue weighted by Crippen LogP contribution is 2.24. The molecule has 0 aliphatic heterocycles. The van der Waals surface area contributed by atoms with Crippen LogP contribution in [-0.4, -0.2) is 13.5 Å². The van der Waals surface area contributed by atoms with Gasteiger partial charge in [0, 0.05) is 0 Å². The number of nitrogens with two attached hydrogens (primary N) is 1. The van der Waals surface area contributed by atoms with Crippen molar-refractivity contribution in [1.29, 1.82) is 0 Å². The molecule has 0 aliphatic rings. The van der Waals surface area contributed by atoms with Crippen LogP contribution in [0.25, 0.3) is 0 Å². The van der Waals surface area contributed by atoms with Crippen molar-refractivity contribution in [3.05, 3.63) is 24.3 Å². The third-order valence-corrected chi connectivity index (χ3v) is 1.48. The lowest BCUT2D eigenvalue weighted by atomic mass is 10.3. The Hall–Kier alpha value is -1.55. The number of amides is 1. The third kappa shape index (κ3) is 1.54. The van der Waals surface area contributed by atoms with Crippen molar-refractivity contribution in [2.45, 2.75) is 0 Å². The Morgan fingerprint density at radius 3 is 2.75 bits per heavy atom. The first-order valence-corrected chi connectivity index (χ1v) is 3.42. The normalized spacial score (nSPS) is 9.17. The molecular weight excluding hydrogens is 156 g/mol. The number of hydrogen-bond donors (Lipinski definition) is 1. The van der Waals surface area contributed by atoms with Crippen LogP contribution in [0, 0.1) is 0 Å². The Labute approximate surface area is 70.5 Å². The van der Waals surface area contributed by atoms with Crippen LogP contribution in [0.3, 0.4) is 0 Å². The Morgan fingerprint density at radius 2 is 2.17 bits per heavy atom. The van der Waals surface area contributed by atoms with Gasteiger partial charge >= 0.3 is 0 Å². The number of methoxy groups -OCH3 is 1. The molecule has 64 valence electrons. The quantitative estimate of drug-likeness (QED) is 0.308. The molecule has 0 unspecified atom stereocenters. The summed E-state index contributed by atoms with van der Waals surface area (Å²) in [6.07, 6.45) is 0.526. The molecule has 1 rings (SSSR count). The zero-order chi connectivity index (χ0) is 8.97. The lowest BCUT2D eigenvalue weighted by molar-refractivity contribution is -0.107. The fourth-order valence-electron chi connectivity index (χ4n) is 0.900. The van der Waals surface area contributed by atoms with Gasteiger partial charge in [0.25, 0.3) is 0 Å². The molecule has 0 bridgehead atoms. The average molecular weight is 166 g/mol. The van der Waals surface area contributed by atoms with E-state index in [9.17, 15) is 4.79 Å². The molecule has 0 saturated heterocycles. The van der Waals surface area contributed by atoms with E-state index in [2.05, 4.69) is 0 Å². The number of anilines is 1. The Kier molecular flexibility index (Phi) is 2.66. The van der Waals surface area contributed by atoms with Crippen molar-refractivity contribution in [2.24, 2.45) is 5.84 Å². The van der Waals surface area contributed by atoms with E-state index in [0.717, 1.165) is 5.01 Å². The SMILES string of the molecule is COc1ccccc1N(N)C=O. The summed E-state index contributed by atoms with van der Waals surface area (Å²) >= 11 is 0. The molecule has 1 aromatic carbocycles. The molecule has 0 spiro atoms. The minimum Gasteiger partial charge on any atom is -0.495 e. The zero-order valence-corrected chi connectivity index (χ0v) is 6.73. The molecule has 4 nitrogen and oxygen atoms in total. The van der Waals surface area contributed by atoms with Crippen molar-refractivity contribution in [2.75, 3.05) is 12.1 Å². The number of hydrazine groups is 1. The molecule has 0 fully saturated rings. The fourth-order valence-corrected chi connectivity index (χ4v) is 0.900. The van der Waals surface area contributed by atoms with E-state index < -0.39 is 0 Å². The van der Waals surface area contributed by atoms with Crippen LogP contribution in [-0.2, 0) is 4.79 Å². The van der Waals surface area contributed by atoms with Crippen LogP contribution in [0.4, 0.5) is 5.69 Å². The zero-order valence-electron chi connectivity index (χ0n) is 6.73. The molecule has 0 aliphatic carbocycles. The Morgan fingerprint density at radius 1 is 1.50 bits per heavy atom. The molecule has 0 radical (unpaired) electrons. The lowest BCUT2D eigenvalue weighted by Crippen LogP contribution is -2.29. The second-order valence-electron chi connectivity index (χ2n) is 2.18. The van der Waals surface area contributed by atoms with E-state index >= 15 is 0 Å². The maximum Gasteiger partial charge on any atom is 0.228 e. The molecule has 12 heavy (non-hydrogen) atoms. The van der Waals surface area contributed by atoms with Crippen molar-refractivity contribution < 1.29 is 9.53 Å². The minimum atomic E-state index is 0.526. The molecule has 0 atom stereocenters. The summed E-state index contributed by atoms with van der Waals surface area (Å²) in [6.45, 7) is 0. The van der Waals surface area contributed by atoms with Gasteiger partial charge in [0.15, 0.2) is 0 Å². The van der Waals surface area contributed by atoms with Gasteiger partial charge in [-0.05, 0) is 12.1 Å². The number of benzene rings is 1. The molecule has 0 aromatic heterocycles.